The fourth-order valence-corrected chi connectivity index (χ4v) is 2.21. The van der Waals surface area contributed by atoms with Crippen LogP contribution in [0.5, 0.6) is 0 Å². The molecule has 0 aliphatic carbocycles. The highest BCUT2D eigenvalue weighted by atomic mass is 16.5. The smallest absolute Gasteiger partial charge is 0.251 e. The predicted octanol–water partition coefficient (Wildman–Crippen LogP) is 2.51. The number of nitrogens with one attached hydrogen (secondary N) is 1. The lowest BCUT2D eigenvalue weighted by molar-refractivity contribution is 0.0901. The van der Waals surface area contributed by atoms with Crippen LogP contribution in [0.4, 0.5) is 0 Å². The third-order valence-electron chi connectivity index (χ3n) is 3.57. The van der Waals surface area contributed by atoms with E-state index in [0.29, 0.717) is 11.4 Å². The molecule has 0 radical (unpaired) electrons. The highest BCUT2D eigenvalue weighted by Gasteiger charge is 2.21. The Morgan fingerprint density at radius 2 is 1.88 bits per heavy atom. The van der Waals surface area contributed by atoms with E-state index < -0.39 is 6.04 Å². The summed E-state index contributed by atoms with van der Waals surface area (Å²) in [7, 11) is 0. The van der Waals surface area contributed by atoms with Crippen molar-refractivity contribution in [1.82, 2.24) is 15.5 Å². The molecule has 3 rings (SSSR count). The number of benzene rings is 2. The summed E-state index contributed by atoms with van der Waals surface area (Å²) in [4.78, 5) is 16.5. The van der Waals surface area contributed by atoms with E-state index in [4.69, 9.17) is 4.52 Å². The van der Waals surface area contributed by atoms with Crippen molar-refractivity contribution in [2.24, 2.45) is 0 Å². The summed E-state index contributed by atoms with van der Waals surface area (Å²) in [5, 5.41) is 16.2. The zero-order valence-corrected chi connectivity index (χ0v) is 13.1. The lowest BCUT2D eigenvalue weighted by atomic mass is 10.1. The van der Waals surface area contributed by atoms with Crippen LogP contribution in [0.3, 0.4) is 0 Å². The van der Waals surface area contributed by atoms with Crippen molar-refractivity contribution in [2.45, 2.75) is 13.0 Å². The van der Waals surface area contributed by atoms with Gasteiger partial charge in [0.05, 0.1) is 6.61 Å². The molecule has 6 heteroatoms. The molecule has 0 saturated carbocycles. The van der Waals surface area contributed by atoms with Gasteiger partial charge in [0, 0.05) is 11.1 Å². The Morgan fingerprint density at radius 3 is 2.54 bits per heavy atom. The first-order valence-electron chi connectivity index (χ1n) is 7.55. The Bertz CT molecular complexity index is 813. The summed E-state index contributed by atoms with van der Waals surface area (Å²) in [5.74, 6) is 0.263. The molecule has 0 aliphatic rings. The van der Waals surface area contributed by atoms with Gasteiger partial charge < -0.3 is 14.9 Å². The van der Waals surface area contributed by atoms with E-state index in [1.54, 1.807) is 24.3 Å². The van der Waals surface area contributed by atoms with Crippen LogP contribution in [0.25, 0.3) is 11.4 Å². The van der Waals surface area contributed by atoms with Gasteiger partial charge in [-0.3, -0.25) is 4.79 Å². The van der Waals surface area contributed by atoms with Crippen LogP contribution < -0.4 is 5.32 Å². The molecule has 1 aromatic heterocycles. The molecule has 1 heterocycles. The average Bonchev–Trinajstić information content (AvgIpc) is 3.10. The Hall–Kier alpha value is -2.99. The quantitative estimate of drug-likeness (QED) is 0.753. The first-order valence-corrected chi connectivity index (χ1v) is 7.55. The fourth-order valence-electron chi connectivity index (χ4n) is 2.21. The minimum Gasteiger partial charge on any atom is -0.394 e. The van der Waals surface area contributed by atoms with Crippen LogP contribution in [-0.2, 0) is 0 Å². The predicted molar refractivity (Wildman–Crippen MR) is 88.2 cm³/mol. The van der Waals surface area contributed by atoms with Crippen molar-refractivity contribution >= 4 is 5.91 Å². The molecule has 2 N–H and O–H groups in total. The summed E-state index contributed by atoms with van der Waals surface area (Å²) in [6, 6.07) is 15.7. The van der Waals surface area contributed by atoms with Crippen molar-refractivity contribution in [3.63, 3.8) is 0 Å². The molecule has 2 aromatic carbocycles. The Morgan fingerprint density at radius 1 is 1.17 bits per heavy atom. The van der Waals surface area contributed by atoms with Crippen LogP contribution >= 0.6 is 0 Å². The Kier molecular flexibility index (Phi) is 4.67. The van der Waals surface area contributed by atoms with E-state index in [-0.39, 0.29) is 18.4 Å². The molecule has 0 unspecified atom stereocenters. The molecule has 0 saturated heterocycles. The third kappa shape index (κ3) is 3.49. The lowest BCUT2D eigenvalue weighted by Gasteiger charge is -2.11. The van der Waals surface area contributed by atoms with Gasteiger partial charge in [0.2, 0.25) is 5.82 Å². The summed E-state index contributed by atoms with van der Waals surface area (Å²) in [6.07, 6.45) is 0. The van der Waals surface area contributed by atoms with Gasteiger partial charge in [0.25, 0.3) is 11.8 Å². The number of amides is 1. The first kappa shape index (κ1) is 15.9. The van der Waals surface area contributed by atoms with Crippen LogP contribution in [0.15, 0.2) is 59.1 Å². The molecule has 1 amide bonds. The minimum absolute atomic E-state index is 0.164. The Balaban J connectivity index is 1.77. The topological polar surface area (TPSA) is 88.3 Å². The number of aryl methyl sites for hydroxylation is 1. The van der Waals surface area contributed by atoms with Crippen LogP contribution in [0.2, 0.25) is 0 Å². The second-order valence-electron chi connectivity index (χ2n) is 5.40. The highest BCUT2D eigenvalue weighted by Crippen LogP contribution is 2.19. The van der Waals surface area contributed by atoms with E-state index in [2.05, 4.69) is 15.5 Å². The summed E-state index contributed by atoms with van der Waals surface area (Å²) in [6.45, 7) is 1.65. The average molecular weight is 323 g/mol. The summed E-state index contributed by atoms with van der Waals surface area (Å²) >= 11 is 0. The fraction of sp³-hybridized carbons (Fsp3) is 0.167. The number of hydrogen-bond donors (Lipinski definition) is 2. The second kappa shape index (κ2) is 7.06. The molecule has 122 valence electrons. The van der Waals surface area contributed by atoms with Gasteiger partial charge in [0.1, 0.15) is 6.04 Å². The van der Waals surface area contributed by atoms with Gasteiger partial charge in [-0.25, -0.2) is 0 Å². The van der Waals surface area contributed by atoms with E-state index >= 15 is 0 Å². The highest BCUT2D eigenvalue weighted by molar-refractivity contribution is 5.94. The van der Waals surface area contributed by atoms with Crippen molar-refractivity contribution in [3.8, 4) is 11.4 Å². The number of nitrogens with zero attached hydrogens (tertiary/aromatic N) is 2. The van der Waals surface area contributed by atoms with Crippen LogP contribution in [-0.4, -0.2) is 27.8 Å². The maximum absolute atomic E-state index is 12.2. The molecule has 1 atom stereocenters. The van der Waals surface area contributed by atoms with Gasteiger partial charge in [-0.05, 0) is 19.1 Å². The van der Waals surface area contributed by atoms with Crippen molar-refractivity contribution in [1.29, 1.82) is 0 Å². The minimum atomic E-state index is -0.760. The summed E-state index contributed by atoms with van der Waals surface area (Å²) in [5.41, 5.74) is 2.43. The van der Waals surface area contributed by atoms with Crippen molar-refractivity contribution in [2.75, 3.05) is 6.61 Å². The molecule has 0 spiro atoms. The molecular weight excluding hydrogens is 306 g/mol. The van der Waals surface area contributed by atoms with Gasteiger partial charge in [-0.15, -0.1) is 0 Å². The third-order valence-corrected chi connectivity index (χ3v) is 3.57. The SMILES string of the molecule is Cc1ccc(-c2noc([C@H](CO)NC(=O)c3ccccc3)n2)cc1. The number of hydrogen-bond acceptors (Lipinski definition) is 5. The maximum atomic E-state index is 12.2. The normalized spacial score (nSPS) is 11.9. The number of carbonyl (C=O) groups excluding carboxylic acids is 1. The largest absolute Gasteiger partial charge is 0.394 e. The van der Waals surface area contributed by atoms with Gasteiger partial charge in [0.15, 0.2) is 0 Å². The zero-order valence-electron chi connectivity index (χ0n) is 13.1. The van der Waals surface area contributed by atoms with E-state index in [0.717, 1.165) is 11.1 Å². The first-order chi connectivity index (χ1) is 11.7. The van der Waals surface area contributed by atoms with Crippen molar-refractivity contribution in [3.05, 3.63) is 71.6 Å². The van der Waals surface area contributed by atoms with Gasteiger partial charge in [-0.2, -0.15) is 4.98 Å². The number of rotatable bonds is 5. The lowest BCUT2D eigenvalue weighted by Crippen LogP contribution is -2.31. The molecule has 6 nitrogen and oxygen atoms in total. The van der Waals surface area contributed by atoms with E-state index in [9.17, 15) is 9.90 Å². The maximum Gasteiger partial charge on any atom is 0.251 e. The number of aromatic nitrogens is 2. The van der Waals surface area contributed by atoms with E-state index in [1.165, 1.54) is 0 Å². The number of aliphatic hydroxyl groups is 1. The molecule has 3 aromatic rings. The van der Waals surface area contributed by atoms with Gasteiger partial charge >= 0.3 is 0 Å². The monoisotopic (exact) mass is 323 g/mol. The van der Waals surface area contributed by atoms with Gasteiger partial charge in [-0.1, -0.05) is 53.2 Å². The molecule has 0 bridgehead atoms. The number of carbonyl (C=O) groups is 1. The molecule has 0 aliphatic heterocycles. The second-order valence-corrected chi connectivity index (χ2v) is 5.40. The Labute approximate surface area is 139 Å². The standard InChI is InChI=1S/C18H17N3O3/c1-12-7-9-13(10-8-12)16-20-18(24-21-16)15(11-22)19-17(23)14-5-3-2-4-6-14/h2-10,15,22H,11H2,1H3,(H,19,23)/t15-/m0/s1. The number of aliphatic hydroxyl groups excluding tert-OH is 1. The molecule has 0 fully saturated rings. The van der Waals surface area contributed by atoms with E-state index in [1.807, 2.05) is 37.3 Å². The van der Waals surface area contributed by atoms with Crippen LogP contribution in [0.1, 0.15) is 27.9 Å². The molecule has 24 heavy (non-hydrogen) atoms. The summed E-state index contributed by atoms with van der Waals surface area (Å²) < 4.78 is 5.20. The van der Waals surface area contributed by atoms with Crippen LogP contribution in [0, 0.1) is 6.92 Å². The molecular formula is C18H17N3O3. The zero-order chi connectivity index (χ0) is 16.9. The van der Waals surface area contributed by atoms with Crippen molar-refractivity contribution < 1.29 is 14.4 Å².